The van der Waals surface area contributed by atoms with Gasteiger partial charge < -0.3 is 14.4 Å². The van der Waals surface area contributed by atoms with E-state index < -0.39 is 0 Å². The molecule has 2 heterocycles. The number of hydrogen-bond acceptors (Lipinski definition) is 5. The molecule has 1 amide bonds. The predicted molar refractivity (Wildman–Crippen MR) is 94.4 cm³/mol. The van der Waals surface area contributed by atoms with Crippen molar-refractivity contribution in [2.45, 2.75) is 6.54 Å². The molecular formula is C19H14FN5O2. The van der Waals surface area contributed by atoms with Crippen LogP contribution in [0.3, 0.4) is 0 Å². The van der Waals surface area contributed by atoms with Gasteiger partial charge in [-0.25, -0.2) is 9.37 Å². The van der Waals surface area contributed by atoms with Crippen LogP contribution in [0, 0.1) is 5.82 Å². The molecule has 0 unspecified atom stereocenters. The van der Waals surface area contributed by atoms with Gasteiger partial charge in [0, 0.05) is 30.1 Å². The first kappa shape index (κ1) is 16.6. The molecule has 2 aromatic heterocycles. The molecule has 0 atom stereocenters. The first-order chi connectivity index (χ1) is 13.2. The zero-order chi connectivity index (χ0) is 18.6. The van der Waals surface area contributed by atoms with Gasteiger partial charge in [-0.3, -0.25) is 4.79 Å². The monoisotopic (exact) mass is 363 g/mol. The Morgan fingerprint density at radius 2 is 2.04 bits per heavy atom. The normalized spacial score (nSPS) is 10.7. The number of halogens is 1. The van der Waals surface area contributed by atoms with E-state index in [-0.39, 0.29) is 18.3 Å². The van der Waals surface area contributed by atoms with Crippen LogP contribution in [0.15, 0.2) is 72.1 Å². The van der Waals surface area contributed by atoms with Crippen LogP contribution >= 0.6 is 0 Å². The summed E-state index contributed by atoms with van der Waals surface area (Å²) >= 11 is 0. The molecule has 0 aliphatic rings. The van der Waals surface area contributed by atoms with E-state index in [9.17, 15) is 9.18 Å². The first-order valence-electron chi connectivity index (χ1n) is 8.12. The van der Waals surface area contributed by atoms with Gasteiger partial charge in [0.1, 0.15) is 5.82 Å². The van der Waals surface area contributed by atoms with Crippen LogP contribution < -0.4 is 5.32 Å². The van der Waals surface area contributed by atoms with Gasteiger partial charge >= 0.3 is 0 Å². The fraction of sp³-hybridized carbons (Fsp3) is 0.0526. The van der Waals surface area contributed by atoms with Crippen molar-refractivity contribution in [3.8, 4) is 17.1 Å². The number of carbonyl (C=O) groups is 1. The second kappa shape index (κ2) is 7.20. The van der Waals surface area contributed by atoms with Crippen molar-refractivity contribution in [3.63, 3.8) is 0 Å². The first-order valence-corrected chi connectivity index (χ1v) is 8.12. The van der Waals surface area contributed by atoms with E-state index >= 15 is 0 Å². The Hall–Kier alpha value is -3.81. The number of benzene rings is 2. The van der Waals surface area contributed by atoms with Gasteiger partial charge in [-0.2, -0.15) is 4.98 Å². The minimum atomic E-state index is -0.385. The van der Waals surface area contributed by atoms with Crippen molar-refractivity contribution in [1.82, 2.24) is 25.0 Å². The predicted octanol–water partition coefficient (Wildman–Crippen LogP) is 2.99. The maximum atomic E-state index is 14.3. The number of aromatic nitrogens is 4. The molecule has 8 heteroatoms. The maximum absolute atomic E-state index is 14.3. The molecule has 134 valence electrons. The zero-order valence-corrected chi connectivity index (χ0v) is 14.0. The Labute approximate surface area is 153 Å². The second-order valence-electron chi connectivity index (χ2n) is 5.77. The van der Waals surface area contributed by atoms with Gasteiger partial charge in [-0.1, -0.05) is 23.4 Å². The molecule has 0 saturated heterocycles. The number of hydrogen-bond donors (Lipinski definition) is 1. The molecule has 4 rings (SSSR count). The minimum Gasteiger partial charge on any atom is -0.348 e. The molecule has 4 aromatic rings. The molecule has 0 aliphatic heterocycles. The summed E-state index contributed by atoms with van der Waals surface area (Å²) in [5, 5.41) is 6.52. The molecule has 0 fully saturated rings. The standard InChI is InChI=1S/C19H14FN5O2/c20-16-9-13(1-6-17(16)25-8-7-21-11-25)10-22-19(26)15-4-2-14(3-5-15)18-23-12-27-24-18/h1-9,11-12H,10H2,(H,22,26). The number of rotatable bonds is 5. The van der Waals surface area contributed by atoms with Crippen LogP contribution in [0.5, 0.6) is 0 Å². The van der Waals surface area contributed by atoms with E-state index in [4.69, 9.17) is 4.52 Å². The average Bonchev–Trinajstić information content (AvgIpc) is 3.40. The molecule has 7 nitrogen and oxygen atoms in total. The summed E-state index contributed by atoms with van der Waals surface area (Å²) < 4.78 is 20.5. The van der Waals surface area contributed by atoms with Crippen molar-refractivity contribution >= 4 is 5.91 Å². The third kappa shape index (κ3) is 3.59. The highest BCUT2D eigenvalue weighted by Gasteiger charge is 2.09. The Morgan fingerprint density at radius 1 is 1.19 bits per heavy atom. The van der Waals surface area contributed by atoms with Crippen molar-refractivity contribution in [2.75, 3.05) is 0 Å². The second-order valence-corrected chi connectivity index (χ2v) is 5.77. The van der Waals surface area contributed by atoms with E-state index in [2.05, 4.69) is 20.4 Å². The third-order valence-corrected chi connectivity index (χ3v) is 4.01. The lowest BCUT2D eigenvalue weighted by Crippen LogP contribution is -2.22. The summed E-state index contributed by atoms with van der Waals surface area (Å²) in [6.45, 7) is 0.215. The number of nitrogens with one attached hydrogen (secondary N) is 1. The van der Waals surface area contributed by atoms with Crippen molar-refractivity contribution in [3.05, 3.63) is 84.5 Å². The van der Waals surface area contributed by atoms with Gasteiger partial charge in [0.25, 0.3) is 5.91 Å². The molecule has 0 bridgehead atoms. The fourth-order valence-electron chi connectivity index (χ4n) is 2.62. The quantitative estimate of drug-likeness (QED) is 0.589. The lowest BCUT2D eigenvalue weighted by Gasteiger charge is -2.09. The van der Waals surface area contributed by atoms with Gasteiger partial charge in [-0.05, 0) is 29.8 Å². The molecular weight excluding hydrogens is 349 g/mol. The number of nitrogens with zero attached hydrogens (tertiary/aromatic N) is 4. The maximum Gasteiger partial charge on any atom is 0.251 e. The third-order valence-electron chi connectivity index (χ3n) is 4.01. The van der Waals surface area contributed by atoms with E-state index in [0.29, 0.717) is 22.6 Å². The summed E-state index contributed by atoms with van der Waals surface area (Å²) in [6.07, 6.45) is 6.01. The van der Waals surface area contributed by atoms with Crippen LogP contribution in [0.25, 0.3) is 17.1 Å². The van der Waals surface area contributed by atoms with E-state index in [1.807, 2.05) is 0 Å². The molecule has 2 aromatic carbocycles. The summed E-state index contributed by atoms with van der Waals surface area (Å²) in [6, 6.07) is 11.6. The molecule has 0 aliphatic carbocycles. The summed E-state index contributed by atoms with van der Waals surface area (Å²) in [4.78, 5) is 20.1. The zero-order valence-electron chi connectivity index (χ0n) is 14.0. The van der Waals surface area contributed by atoms with Crippen LogP contribution in [0.2, 0.25) is 0 Å². The minimum absolute atomic E-state index is 0.215. The van der Waals surface area contributed by atoms with E-state index in [1.54, 1.807) is 53.4 Å². The van der Waals surface area contributed by atoms with Gasteiger partial charge in [0.15, 0.2) is 0 Å². The van der Waals surface area contributed by atoms with E-state index in [0.717, 1.165) is 5.56 Å². The lowest BCUT2D eigenvalue weighted by molar-refractivity contribution is 0.0951. The van der Waals surface area contributed by atoms with Crippen LogP contribution in [0.4, 0.5) is 4.39 Å². The molecule has 0 radical (unpaired) electrons. The van der Waals surface area contributed by atoms with Gasteiger partial charge in [0.2, 0.25) is 12.2 Å². The SMILES string of the molecule is O=C(NCc1ccc(-n2ccnc2)c(F)c1)c1ccc(-c2ncon2)cc1. The molecule has 0 spiro atoms. The van der Waals surface area contributed by atoms with Crippen molar-refractivity contribution in [1.29, 1.82) is 0 Å². The van der Waals surface area contributed by atoms with Crippen molar-refractivity contribution < 1.29 is 13.7 Å². The summed E-state index contributed by atoms with van der Waals surface area (Å²) in [7, 11) is 0. The highest BCUT2D eigenvalue weighted by molar-refractivity contribution is 5.94. The Bertz CT molecular complexity index is 1040. The topological polar surface area (TPSA) is 85.8 Å². The summed E-state index contributed by atoms with van der Waals surface area (Å²) in [5.74, 6) is -0.187. The largest absolute Gasteiger partial charge is 0.348 e. The van der Waals surface area contributed by atoms with Gasteiger partial charge in [-0.15, -0.1) is 0 Å². The van der Waals surface area contributed by atoms with Gasteiger partial charge in [0.05, 0.1) is 12.0 Å². The smallest absolute Gasteiger partial charge is 0.251 e. The molecule has 0 saturated carbocycles. The lowest BCUT2D eigenvalue weighted by atomic mass is 10.1. The number of carbonyl (C=O) groups excluding carboxylic acids is 1. The Balaban J connectivity index is 1.41. The van der Waals surface area contributed by atoms with Crippen LogP contribution in [0.1, 0.15) is 15.9 Å². The Morgan fingerprint density at radius 3 is 2.70 bits per heavy atom. The Kier molecular flexibility index (Phi) is 4.44. The van der Waals surface area contributed by atoms with Crippen LogP contribution in [-0.4, -0.2) is 25.6 Å². The molecule has 1 N–H and O–H groups in total. The van der Waals surface area contributed by atoms with Crippen LogP contribution in [-0.2, 0) is 6.54 Å². The van der Waals surface area contributed by atoms with Crippen molar-refractivity contribution in [2.24, 2.45) is 0 Å². The average molecular weight is 363 g/mol. The van der Waals surface area contributed by atoms with E-state index in [1.165, 1.54) is 18.8 Å². The molecule has 27 heavy (non-hydrogen) atoms. The number of amides is 1. The fourth-order valence-corrected chi connectivity index (χ4v) is 2.62. The highest BCUT2D eigenvalue weighted by atomic mass is 19.1. The summed E-state index contributed by atoms with van der Waals surface area (Å²) in [5.41, 5.74) is 2.29. The highest BCUT2D eigenvalue weighted by Crippen LogP contribution is 2.16. The number of imidazole rings is 1.